The Labute approximate surface area is 233 Å². The summed E-state index contributed by atoms with van der Waals surface area (Å²) >= 11 is 0.892. The number of aliphatic hydroxyl groups is 1. The van der Waals surface area contributed by atoms with E-state index in [1.165, 1.54) is 43.1 Å². The van der Waals surface area contributed by atoms with E-state index in [0.717, 1.165) is 14.2 Å². The number of hydrogen-bond donors (Lipinski definition) is 1. The molecule has 10 heteroatoms. The predicted octanol–water partition coefficient (Wildman–Crippen LogP) is 5.05. The van der Waals surface area contributed by atoms with Crippen molar-refractivity contribution < 1.29 is 19.0 Å². The summed E-state index contributed by atoms with van der Waals surface area (Å²) in [5.41, 5.74) is -0.230. The number of piperidine rings is 1. The van der Waals surface area contributed by atoms with Crippen LogP contribution in [0.15, 0.2) is 36.5 Å². The number of carbonyl (C=O) groups excluding carboxylic acids is 1. The van der Waals surface area contributed by atoms with Crippen molar-refractivity contribution in [2.75, 3.05) is 13.1 Å². The van der Waals surface area contributed by atoms with Crippen LogP contribution in [-0.2, 0) is 10.3 Å². The van der Waals surface area contributed by atoms with Gasteiger partial charge in [0.1, 0.15) is 5.60 Å². The number of halogens is 1. The van der Waals surface area contributed by atoms with Gasteiger partial charge in [0.2, 0.25) is 0 Å². The molecule has 1 aromatic carbocycles. The zero-order chi connectivity index (χ0) is 26.9. The molecule has 3 aromatic rings. The molecule has 2 aliphatic rings. The minimum atomic E-state index is -1.23. The molecule has 0 radical (unpaired) electrons. The van der Waals surface area contributed by atoms with Crippen LogP contribution in [0.25, 0.3) is 21.8 Å². The van der Waals surface area contributed by atoms with Gasteiger partial charge in [-0.05, 0) is 20.8 Å². The van der Waals surface area contributed by atoms with E-state index in [1.807, 2.05) is 26.8 Å². The second kappa shape index (κ2) is 11.0. The second-order valence-electron chi connectivity index (χ2n) is 11.1. The Bertz CT molecular complexity index is 1300. The zero-order valence-corrected chi connectivity index (χ0v) is 25.0. The summed E-state index contributed by atoms with van der Waals surface area (Å²) < 4.78 is 22.1. The number of benzene rings is 1. The number of aromatic nitrogens is 3. The fraction of sp³-hybridized carbons (Fsp3) is 0.500. The molecule has 1 N–H and O–H groups in total. The standard InChI is InChI=1S/C28H34AsFN4O3S/c1-27(2,3)37-26(35)34-16-13-28(36,14-17-34)24-33-22(19-10-6-7-11-20(19)30)23(38-24)21-12-15-31-25(32-21)29-18-8-4-5-9-18/h6-7,10-12,15,18,29,36H,4-5,8-9,13-14,16-17H2,1-3H3. The number of carbonyl (C=O) groups is 1. The number of thiazole rings is 1. The fourth-order valence-corrected chi connectivity index (χ4v) is 9.06. The van der Waals surface area contributed by atoms with Gasteiger partial charge in [-0.2, -0.15) is 0 Å². The van der Waals surface area contributed by atoms with Crippen molar-refractivity contribution in [3.8, 4) is 21.8 Å². The molecule has 2 aromatic heterocycles. The van der Waals surface area contributed by atoms with E-state index in [1.54, 1.807) is 29.3 Å². The van der Waals surface area contributed by atoms with Crippen LogP contribution < -0.4 is 4.61 Å². The van der Waals surface area contributed by atoms with Gasteiger partial charge in [-0.1, -0.05) is 0 Å². The number of rotatable bonds is 5. The molecule has 202 valence electrons. The van der Waals surface area contributed by atoms with E-state index in [4.69, 9.17) is 14.7 Å². The summed E-state index contributed by atoms with van der Waals surface area (Å²) in [6.45, 7) is 6.20. The minimum absolute atomic E-state index is 0.318. The maximum atomic E-state index is 15.0. The molecule has 1 atom stereocenters. The number of ether oxygens (including phenoxy) is 1. The Kier molecular flexibility index (Phi) is 7.90. The Hall–Kier alpha value is -2.35. The number of amides is 1. The average molecular weight is 601 g/mol. The Morgan fingerprint density at radius 2 is 1.87 bits per heavy atom. The third-order valence-electron chi connectivity index (χ3n) is 6.97. The van der Waals surface area contributed by atoms with Crippen LogP contribution in [0, 0.1) is 5.82 Å². The van der Waals surface area contributed by atoms with Gasteiger partial charge in [-0.3, -0.25) is 0 Å². The monoisotopic (exact) mass is 600 g/mol. The van der Waals surface area contributed by atoms with Gasteiger partial charge < -0.3 is 0 Å². The van der Waals surface area contributed by atoms with Crippen molar-refractivity contribution in [2.24, 2.45) is 0 Å². The number of nitrogens with zero attached hydrogens (tertiary/aromatic N) is 4. The molecule has 1 unspecified atom stereocenters. The summed E-state index contributed by atoms with van der Waals surface area (Å²) in [4.78, 5) is 29.2. The molecule has 0 bridgehead atoms. The van der Waals surface area contributed by atoms with Crippen LogP contribution in [0.5, 0.6) is 0 Å². The Balaban J connectivity index is 1.45. The quantitative estimate of drug-likeness (QED) is 0.413. The van der Waals surface area contributed by atoms with Gasteiger partial charge in [-0.25, -0.2) is 0 Å². The van der Waals surface area contributed by atoms with Gasteiger partial charge in [0.05, 0.1) is 0 Å². The van der Waals surface area contributed by atoms with Crippen LogP contribution in [0.3, 0.4) is 0 Å². The molecular formula is C28H34AsFN4O3S. The molecule has 1 saturated heterocycles. The first-order chi connectivity index (χ1) is 18.1. The summed E-state index contributed by atoms with van der Waals surface area (Å²) in [7, 11) is 0. The van der Waals surface area contributed by atoms with Crippen LogP contribution in [0.2, 0.25) is 4.71 Å². The number of likely N-dealkylation sites (tertiary alicyclic amines) is 1. The maximum absolute atomic E-state index is 15.0. The van der Waals surface area contributed by atoms with Gasteiger partial charge >= 0.3 is 208 Å². The van der Waals surface area contributed by atoms with Gasteiger partial charge in [0.15, 0.2) is 0 Å². The van der Waals surface area contributed by atoms with E-state index < -0.39 is 27.0 Å². The molecule has 38 heavy (non-hydrogen) atoms. The first-order valence-corrected chi connectivity index (χ1v) is 16.3. The van der Waals surface area contributed by atoms with E-state index >= 15 is 0 Å². The zero-order valence-electron chi connectivity index (χ0n) is 22.0. The average Bonchev–Trinajstić information content (AvgIpc) is 3.55. The van der Waals surface area contributed by atoms with E-state index in [2.05, 4.69) is 4.98 Å². The van der Waals surface area contributed by atoms with Crippen molar-refractivity contribution in [3.63, 3.8) is 0 Å². The molecule has 1 aliphatic carbocycles. The molecular weight excluding hydrogens is 566 g/mol. The summed E-state index contributed by atoms with van der Waals surface area (Å²) in [5, 5.41) is 12.2. The predicted molar refractivity (Wildman–Crippen MR) is 148 cm³/mol. The van der Waals surface area contributed by atoms with Crippen LogP contribution in [-0.4, -0.2) is 65.5 Å². The molecule has 1 amide bonds. The fourth-order valence-electron chi connectivity index (χ4n) is 4.94. The molecule has 0 spiro atoms. The van der Waals surface area contributed by atoms with Crippen molar-refractivity contribution in [2.45, 2.75) is 75.2 Å². The Morgan fingerprint density at radius 3 is 2.55 bits per heavy atom. The van der Waals surface area contributed by atoms with Crippen molar-refractivity contribution in [1.82, 2.24) is 19.9 Å². The van der Waals surface area contributed by atoms with E-state index in [-0.39, 0.29) is 11.9 Å². The van der Waals surface area contributed by atoms with Crippen LogP contribution in [0.1, 0.15) is 64.3 Å². The first kappa shape index (κ1) is 27.2. The van der Waals surface area contributed by atoms with E-state index in [9.17, 15) is 14.3 Å². The van der Waals surface area contributed by atoms with E-state index in [0.29, 0.717) is 47.9 Å². The third-order valence-corrected chi connectivity index (χ3v) is 11.4. The van der Waals surface area contributed by atoms with Crippen molar-refractivity contribution in [1.29, 1.82) is 0 Å². The van der Waals surface area contributed by atoms with Gasteiger partial charge in [0.25, 0.3) is 0 Å². The topological polar surface area (TPSA) is 88.4 Å². The summed E-state index contributed by atoms with van der Waals surface area (Å²) in [6.07, 6.45) is 7.12. The van der Waals surface area contributed by atoms with Crippen molar-refractivity contribution >= 4 is 37.8 Å². The molecule has 3 heterocycles. The van der Waals surface area contributed by atoms with Crippen LogP contribution in [0.4, 0.5) is 9.18 Å². The third kappa shape index (κ3) is 6.10. The SMILES string of the molecule is CC(C)(C)OC(=O)N1CCC(O)(c2nc(-c3ccccc3F)c(-c3ccnc([AsH]C4CCCC4)n3)s2)CC1. The number of hydrogen-bond acceptors (Lipinski definition) is 7. The first-order valence-electron chi connectivity index (χ1n) is 13.2. The van der Waals surface area contributed by atoms with Gasteiger partial charge in [-0.15, -0.1) is 0 Å². The summed E-state index contributed by atoms with van der Waals surface area (Å²) in [6, 6.07) is 8.42. The van der Waals surface area contributed by atoms with Crippen molar-refractivity contribution in [3.05, 3.63) is 47.4 Å². The Morgan fingerprint density at radius 1 is 1.16 bits per heavy atom. The molecule has 1 aliphatic heterocycles. The molecule has 2 fully saturated rings. The molecule has 1 saturated carbocycles. The normalized spacial score (nSPS) is 18.4. The van der Waals surface area contributed by atoms with Gasteiger partial charge in [0, 0.05) is 0 Å². The van der Waals surface area contributed by atoms with Crippen LogP contribution >= 0.6 is 11.3 Å². The second-order valence-corrected chi connectivity index (χ2v) is 15.3. The molecule has 5 rings (SSSR count). The molecule has 7 nitrogen and oxygen atoms in total. The summed E-state index contributed by atoms with van der Waals surface area (Å²) in [5.74, 6) is -0.369.